The van der Waals surface area contributed by atoms with Crippen molar-refractivity contribution in [2.45, 2.75) is 38.0 Å². The van der Waals surface area contributed by atoms with Crippen LogP contribution in [0.25, 0.3) is 0 Å². The summed E-state index contributed by atoms with van der Waals surface area (Å²) in [5.41, 5.74) is 0. The van der Waals surface area contributed by atoms with Crippen molar-refractivity contribution in [2.24, 2.45) is 5.92 Å². The van der Waals surface area contributed by atoms with E-state index in [1.807, 2.05) is 0 Å². The third-order valence-corrected chi connectivity index (χ3v) is 4.22. The Balaban J connectivity index is 1.76. The van der Waals surface area contributed by atoms with Crippen LogP contribution in [0.4, 0.5) is 0 Å². The lowest BCUT2D eigenvalue weighted by molar-refractivity contribution is -0.126. The molecule has 2 N–H and O–H groups in total. The highest BCUT2D eigenvalue weighted by Gasteiger charge is 2.37. The highest BCUT2D eigenvalue weighted by atomic mass is 16.5. The Hall–Kier alpha value is -0.690. The zero-order chi connectivity index (χ0) is 14.5. The van der Waals surface area contributed by atoms with Crippen molar-refractivity contribution in [3.63, 3.8) is 0 Å². The molecule has 3 unspecified atom stereocenters. The van der Waals surface area contributed by atoms with Gasteiger partial charge in [-0.25, -0.2) is 0 Å². The van der Waals surface area contributed by atoms with Crippen LogP contribution in [0.15, 0.2) is 0 Å². The maximum absolute atomic E-state index is 11.5. The summed E-state index contributed by atoms with van der Waals surface area (Å²) < 4.78 is 10.4. The van der Waals surface area contributed by atoms with Crippen LogP contribution in [0.3, 0.4) is 0 Å². The predicted molar refractivity (Wildman–Crippen MR) is 74.4 cm³/mol. The molecule has 2 heterocycles. The van der Waals surface area contributed by atoms with Crippen LogP contribution in [-0.2, 0) is 14.3 Å². The Morgan fingerprint density at radius 1 is 1.45 bits per heavy atom. The number of hydrogen-bond donors (Lipinski definition) is 2. The molecule has 2 rings (SSSR count). The monoisotopic (exact) mass is 286 g/mol. The molecule has 0 aromatic heterocycles. The summed E-state index contributed by atoms with van der Waals surface area (Å²) >= 11 is 0. The maximum atomic E-state index is 11.5. The topological polar surface area (TPSA) is 71.0 Å². The number of amides is 1. The van der Waals surface area contributed by atoms with E-state index in [0.29, 0.717) is 6.61 Å². The second kappa shape index (κ2) is 7.36. The Morgan fingerprint density at radius 3 is 2.80 bits per heavy atom. The molecule has 20 heavy (non-hydrogen) atoms. The van der Waals surface area contributed by atoms with Gasteiger partial charge in [0.15, 0.2) is 0 Å². The number of nitrogens with one attached hydrogen (secondary N) is 1. The van der Waals surface area contributed by atoms with E-state index in [0.717, 1.165) is 25.6 Å². The van der Waals surface area contributed by atoms with Gasteiger partial charge < -0.3 is 24.8 Å². The number of aliphatic hydroxyl groups is 1. The highest BCUT2D eigenvalue weighted by molar-refractivity contribution is 5.77. The lowest BCUT2D eigenvalue weighted by Gasteiger charge is -2.32. The Bertz CT molecular complexity index is 318. The third kappa shape index (κ3) is 4.15. The largest absolute Gasteiger partial charge is 0.388 e. The summed E-state index contributed by atoms with van der Waals surface area (Å²) in [5, 5.41) is 13.0. The van der Waals surface area contributed by atoms with Crippen molar-refractivity contribution in [3.8, 4) is 0 Å². The summed E-state index contributed by atoms with van der Waals surface area (Å²) in [6.45, 7) is 5.52. The molecule has 2 saturated heterocycles. The number of likely N-dealkylation sites (tertiary alicyclic amines) is 1. The van der Waals surface area contributed by atoms with Gasteiger partial charge in [-0.2, -0.15) is 0 Å². The molecular weight excluding hydrogens is 260 g/mol. The summed E-state index contributed by atoms with van der Waals surface area (Å²) in [4.78, 5) is 13.8. The first-order chi connectivity index (χ1) is 9.60. The molecule has 2 aliphatic heterocycles. The molecule has 1 amide bonds. The van der Waals surface area contributed by atoms with E-state index in [2.05, 4.69) is 17.1 Å². The molecule has 2 fully saturated rings. The van der Waals surface area contributed by atoms with Gasteiger partial charge in [0.05, 0.1) is 18.8 Å². The molecule has 0 radical (unpaired) electrons. The maximum Gasteiger partial charge on any atom is 0.246 e. The Morgan fingerprint density at radius 2 is 2.15 bits per heavy atom. The molecule has 116 valence electrons. The fraction of sp³-hybridized carbons (Fsp3) is 0.929. The van der Waals surface area contributed by atoms with Crippen LogP contribution < -0.4 is 5.32 Å². The van der Waals surface area contributed by atoms with Crippen molar-refractivity contribution in [1.29, 1.82) is 0 Å². The van der Waals surface area contributed by atoms with E-state index in [1.165, 1.54) is 20.0 Å². The van der Waals surface area contributed by atoms with E-state index in [-0.39, 0.29) is 24.7 Å². The van der Waals surface area contributed by atoms with E-state index < -0.39 is 6.10 Å². The molecule has 6 heteroatoms. The van der Waals surface area contributed by atoms with Gasteiger partial charge in [0.25, 0.3) is 0 Å². The number of methoxy groups -OCH3 is 1. The summed E-state index contributed by atoms with van der Waals surface area (Å²) in [5.74, 6) is 0.578. The SMILES string of the molecule is COCC(=O)NC1COC(CN2CCC(C)CC2)C1O. The molecule has 0 spiro atoms. The van der Waals surface area contributed by atoms with E-state index >= 15 is 0 Å². The number of nitrogens with zero attached hydrogens (tertiary/aromatic N) is 1. The predicted octanol–water partition coefficient (Wildman–Crippen LogP) is -0.391. The van der Waals surface area contributed by atoms with Crippen LogP contribution in [0.1, 0.15) is 19.8 Å². The molecule has 0 saturated carbocycles. The van der Waals surface area contributed by atoms with Gasteiger partial charge in [-0.05, 0) is 31.8 Å². The van der Waals surface area contributed by atoms with Crippen molar-refractivity contribution >= 4 is 5.91 Å². The zero-order valence-corrected chi connectivity index (χ0v) is 12.4. The third-order valence-electron chi connectivity index (χ3n) is 4.22. The number of ether oxygens (including phenoxy) is 2. The number of aliphatic hydroxyl groups excluding tert-OH is 1. The van der Waals surface area contributed by atoms with Crippen LogP contribution in [-0.4, -0.2) is 74.1 Å². The average molecular weight is 286 g/mol. The van der Waals surface area contributed by atoms with E-state index in [4.69, 9.17) is 9.47 Å². The number of carbonyl (C=O) groups excluding carboxylic acids is 1. The Kier molecular flexibility index (Phi) is 5.77. The van der Waals surface area contributed by atoms with Gasteiger partial charge in [-0.1, -0.05) is 6.92 Å². The number of rotatable bonds is 5. The van der Waals surface area contributed by atoms with Gasteiger partial charge in [0.2, 0.25) is 5.91 Å². The molecular formula is C14H26N2O4. The zero-order valence-electron chi connectivity index (χ0n) is 12.4. The second-order valence-electron chi connectivity index (χ2n) is 5.95. The number of piperidine rings is 1. The van der Waals surface area contributed by atoms with Gasteiger partial charge in [0.1, 0.15) is 12.7 Å². The summed E-state index contributed by atoms with van der Waals surface area (Å²) in [7, 11) is 1.47. The minimum atomic E-state index is -0.643. The van der Waals surface area contributed by atoms with Crippen molar-refractivity contribution in [1.82, 2.24) is 10.2 Å². The molecule has 0 bridgehead atoms. The fourth-order valence-corrected chi connectivity index (χ4v) is 2.85. The van der Waals surface area contributed by atoms with Crippen LogP contribution in [0.2, 0.25) is 0 Å². The van der Waals surface area contributed by atoms with Gasteiger partial charge >= 0.3 is 0 Å². The average Bonchev–Trinajstić information content (AvgIpc) is 2.74. The lowest BCUT2D eigenvalue weighted by atomic mass is 9.98. The first kappa shape index (κ1) is 15.7. The highest BCUT2D eigenvalue weighted by Crippen LogP contribution is 2.20. The molecule has 6 nitrogen and oxygen atoms in total. The lowest BCUT2D eigenvalue weighted by Crippen LogP contribution is -2.48. The number of hydrogen-bond acceptors (Lipinski definition) is 5. The van der Waals surface area contributed by atoms with Crippen molar-refractivity contribution < 1.29 is 19.4 Å². The Labute approximate surface area is 120 Å². The van der Waals surface area contributed by atoms with Crippen LogP contribution in [0, 0.1) is 5.92 Å². The van der Waals surface area contributed by atoms with Crippen LogP contribution >= 0.6 is 0 Å². The van der Waals surface area contributed by atoms with Crippen LogP contribution in [0.5, 0.6) is 0 Å². The molecule has 0 aliphatic carbocycles. The summed E-state index contributed by atoms with van der Waals surface area (Å²) in [6, 6.07) is -0.327. The van der Waals surface area contributed by atoms with Crippen molar-refractivity contribution in [3.05, 3.63) is 0 Å². The normalized spacial score (nSPS) is 32.5. The van der Waals surface area contributed by atoms with Gasteiger partial charge in [-0.3, -0.25) is 4.79 Å². The van der Waals surface area contributed by atoms with E-state index in [9.17, 15) is 9.90 Å². The smallest absolute Gasteiger partial charge is 0.246 e. The fourth-order valence-electron chi connectivity index (χ4n) is 2.85. The molecule has 0 aromatic carbocycles. The van der Waals surface area contributed by atoms with Gasteiger partial charge in [-0.15, -0.1) is 0 Å². The first-order valence-corrected chi connectivity index (χ1v) is 7.40. The number of carbonyl (C=O) groups is 1. The van der Waals surface area contributed by atoms with Gasteiger partial charge in [0, 0.05) is 13.7 Å². The quantitative estimate of drug-likeness (QED) is 0.720. The molecule has 3 atom stereocenters. The molecule has 0 aromatic rings. The molecule has 2 aliphatic rings. The summed E-state index contributed by atoms with van der Waals surface area (Å²) in [6.07, 6.45) is 1.56. The second-order valence-corrected chi connectivity index (χ2v) is 5.95. The van der Waals surface area contributed by atoms with Crippen molar-refractivity contribution in [2.75, 3.05) is 40.0 Å². The van der Waals surface area contributed by atoms with E-state index in [1.54, 1.807) is 0 Å². The minimum Gasteiger partial charge on any atom is -0.388 e. The minimum absolute atomic E-state index is 0.0118. The first-order valence-electron chi connectivity index (χ1n) is 7.40. The standard InChI is InChI=1S/C14H26N2O4/c1-10-3-5-16(6-4-10)7-12-14(18)11(8-20-12)15-13(17)9-19-2/h10-12,14,18H,3-9H2,1-2H3,(H,15,17).